The quantitative estimate of drug-likeness (QED) is 0.816. The first-order chi connectivity index (χ1) is 14.1. The van der Waals surface area contributed by atoms with Crippen molar-refractivity contribution in [3.8, 4) is 11.5 Å². The number of rotatable bonds is 4. The lowest BCUT2D eigenvalue weighted by atomic mass is 9.53. The van der Waals surface area contributed by atoms with E-state index in [2.05, 4.69) is 10.6 Å². The third-order valence-corrected chi connectivity index (χ3v) is 8.24. The van der Waals surface area contributed by atoms with Gasteiger partial charge in [0.15, 0.2) is 18.0 Å². The molecule has 1 aromatic carbocycles. The molecule has 0 aromatic heterocycles. The number of quaternary nitrogens is 1. The van der Waals surface area contributed by atoms with Gasteiger partial charge in [-0.25, -0.2) is 0 Å². The van der Waals surface area contributed by atoms with Crippen molar-refractivity contribution in [3.63, 3.8) is 0 Å². The van der Waals surface area contributed by atoms with Crippen molar-refractivity contribution >= 4 is 11.6 Å². The first-order valence-corrected chi connectivity index (χ1v) is 11.8. The maximum atomic E-state index is 12.7. The van der Waals surface area contributed by atoms with Crippen LogP contribution < -0.4 is 20.1 Å². The van der Waals surface area contributed by atoms with Crippen LogP contribution in [0.5, 0.6) is 11.5 Å². The second-order valence-electron chi connectivity index (χ2n) is 10.6. The maximum absolute atomic E-state index is 12.7. The van der Waals surface area contributed by atoms with E-state index < -0.39 is 5.79 Å². The average Bonchev–Trinajstić information content (AvgIpc) is 3.02. The summed E-state index contributed by atoms with van der Waals surface area (Å²) in [6, 6.07) is 5.81. The monoisotopic (exact) mass is 397 g/mol. The van der Waals surface area contributed by atoms with Crippen molar-refractivity contribution in [2.75, 3.05) is 11.9 Å². The van der Waals surface area contributed by atoms with Crippen LogP contribution in [0.25, 0.3) is 0 Å². The number of hydrogen-bond acceptors (Lipinski definition) is 3. The molecule has 0 unspecified atom stereocenters. The molecule has 0 atom stereocenters. The zero-order valence-electron chi connectivity index (χ0n) is 17.3. The van der Waals surface area contributed by atoms with Crippen LogP contribution in [0.15, 0.2) is 18.2 Å². The molecule has 3 N–H and O–H groups in total. The molecule has 1 amide bonds. The molecule has 5 heteroatoms. The van der Waals surface area contributed by atoms with E-state index in [0.717, 1.165) is 60.6 Å². The first-order valence-electron chi connectivity index (χ1n) is 11.8. The summed E-state index contributed by atoms with van der Waals surface area (Å²) in [4.78, 5) is 12.7. The Balaban J connectivity index is 1.07. The van der Waals surface area contributed by atoms with Crippen LogP contribution in [-0.2, 0) is 4.79 Å². The highest BCUT2D eigenvalue weighted by Crippen LogP contribution is 2.54. The SMILES string of the molecule is O=C(C[NH2+]C12CC3CC(CC(C3)C1)C2)Nc1ccc2c(c1)OC1(CCCCC1)O2. The normalized spacial score (nSPS) is 35.8. The fraction of sp³-hybridized carbons (Fsp3) is 0.708. The summed E-state index contributed by atoms with van der Waals surface area (Å²) < 4.78 is 12.3. The summed E-state index contributed by atoms with van der Waals surface area (Å²) in [6.07, 6.45) is 13.7. The molecule has 1 aromatic rings. The highest BCUT2D eigenvalue weighted by Gasteiger charge is 2.53. The van der Waals surface area contributed by atoms with Gasteiger partial charge in [-0.2, -0.15) is 0 Å². The number of fused-ring (bicyclic) bond motifs is 1. The predicted molar refractivity (Wildman–Crippen MR) is 110 cm³/mol. The largest absolute Gasteiger partial charge is 0.448 e. The van der Waals surface area contributed by atoms with Crippen molar-refractivity contribution in [1.82, 2.24) is 0 Å². The smallest absolute Gasteiger partial charge is 0.279 e. The molecular formula is C24H33N2O3+. The average molecular weight is 398 g/mol. The highest BCUT2D eigenvalue weighted by molar-refractivity contribution is 5.91. The van der Waals surface area contributed by atoms with Gasteiger partial charge in [0.05, 0.1) is 5.54 Å². The molecular weight excluding hydrogens is 364 g/mol. The topological polar surface area (TPSA) is 64.2 Å². The molecule has 5 saturated carbocycles. The van der Waals surface area contributed by atoms with E-state index in [1.54, 1.807) is 0 Å². The lowest BCUT2D eigenvalue weighted by Crippen LogP contribution is -3.00. The Morgan fingerprint density at radius 2 is 1.62 bits per heavy atom. The van der Waals surface area contributed by atoms with Gasteiger partial charge in [-0.3, -0.25) is 4.79 Å². The molecule has 1 heterocycles. The second-order valence-corrected chi connectivity index (χ2v) is 10.6. The van der Waals surface area contributed by atoms with Gasteiger partial charge in [-0.1, -0.05) is 6.42 Å². The van der Waals surface area contributed by atoms with E-state index in [0.29, 0.717) is 12.1 Å². The molecule has 5 aliphatic carbocycles. The standard InChI is InChI=1S/C24H32N2O3/c27-22(15-25-23-12-16-8-17(13-23)10-18(9-16)14-23)26-19-4-5-20-21(11-19)29-24(28-20)6-2-1-3-7-24/h4-5,11,16-18,25H,1-3,6-10,12-15H2,(H,26,27)/p+1. The van der Waals surface area contributed by atoms with E-state index in [9.17, 15) is 4.79 Å². The van der Waals surface area contributed by atoms with Crippen molar-refractivity contribution in [1.29, 1.82) is 0 Å². The molecule has 1 spiro atoms. The lowest BCUT2D eigenvalue weighted by molar-refractivity contribution is -0.729. The molecule has 7 rings (SSSR count). The van der Waals surface area contributed by atoms with E-state index in [4.69, 9.17) is 9.47 Å². The Hall–Kier alpha value is -1.75. The third kappa shape index (κ3) is 3.31. The minimum atomic E-state index is -0.463. The zero-order valence-corrected chi connectivity index (χ0v) is 17.3. The van der Waals surface area contributed by atoms with E-state index in [1.165, 1.54) is 44.9 Å². The Kier molecular flexibility index (Phi) is 4.13. The van der Waals surface area contributed by atoms with Crippen LogP contribution in [0.4, 0.5) is 5.69 Å². The number of nitrogens with one attached hydrogen (secondary N) is 1. The van der Waals surface area contributed by atoms with E-state index >= 15 is 0 Å². The van der Waals surface area contributed by atoms with Crippen LogP contribution in [0, 0.1) is 17.8 Å². The number of carbonyl (C=O) groups is 1. The molecule has 156 valence electrons. The number of amides is 1. The fourth-order valence-corrected chi connectivity index (χ4v) is 7.41. The van der Waals surface area contributed by atoms with Gasteiger partial charge in [-0.05, 0) is 62.0 Å². The van der Waals surface area contributed by atoms with E-state index in [-0.39, 0.29) is 5.91 Å². The van der Waals surface area contributed by atoms with Crippen LogP contribution in [0.3, 0.4) is 0 Å². The van der Waals surface area contributed by atoms with Gasteiger partial charge < -0.3 is 20.1 Å². The summed E-state index contributed by atoms with van der Waals surface area (Å²) in [5.41, 5.74) is 1.15. The molecule has 29 heavy (non-hydrogen) atoms. The number of anilines is 1. The summed E-state index contributed by atoms with van der Waals surface area (Å²) in [7, 11) is 0. The van der Waals surface area contributed by atoms with Crippen LogP contribution in [0.1, 0.15) is 70.6 Å². The second kappa shape index (κ2) is 6.63. The Morgan fingerprint density at radius 1 is 0.966 bits per heavy atom. The van der Waals surface area contributed by atoms with Gasteiger partial charge in [0.1, 0.15) is 0 Å². The molecule has 5 fully saturated rings. The summed E-state index contributed by atoms with van der Waals surface area (Å²) in [5, 5.41) is 5.46. The van der Waals surface area contributed by atoms with Gasteiger partial charge in [0.25, 0.3) is 11.7 Å². The Morgan fingerprint density at radius 3 is 2.31 bits per heavy atom. The van der Waals surface area contributed by atoms with Crippen LogP contribution in [-0.4, -0.2) is 23.8 Å². The summed E-state index contributed by atoms with van der Waals surface area (Å²) >= 11 is 0. The van der Waals surface area contributed by atoms with Crippen LogP contribution in [0.2, 0.25) is 0 Å². The molecule has 1 aliphatic heterocycles. The molecule has 4 bridgehead atoms. The van der Waals surface area contributed by atoms with Gasteiger partial charge in [0, 0.05) is 43.9 Å². The van der Waals surface area contributed by atoms with Crippen molar-refractivity contribution in [2.24, 2.45) is 17.8 Å². The first kappa shape index (κ1) is 18.1. The minimum Gasteiger partial charge on any atom is -0.448 e. The number of benzene rings is 1. The van der Waals surface area contributed by atoms with Crippen molar-refractivity contribution in [2.45, 2.75) is 82.0 Å². The van der Waals surface area contributed by atoms with Crippen molar-refractivity contribution < 1.29 is 19.6 Å². The fourth-order valence-electron chi connectivity index (χ4n) is 7.41. The third-order valence-electron chi connectivity index (χ3n) is 8.24. The minimum absolute atomic E-state index is 0.0898. The Labute approximate surface area is 172 Å². The van der Waals surface area contributed by atoms with Gasteiger partial charge in [0.2, 0.25) is 0 Å². The predicted octanol–water partition coefficient (Wildman–Crippen LogP) is 3.59. The van der Waals surface area contributed by atoms with Gasteiger partial charge in [-0.15, -0.1) is 0 Å². The number of nitrogens with two attached hydrogens (primary N) is 1. The lowest BCUT2D eigenvalue weighted by Gasteiger charge is -2.54. The highest BCUT2D eigenvalue weighted by atomic mass is 16.7. The van der Waals surface area contributed by atoms with Crippen molar-refractivity contribution in [3.05, 3.63) is 18.2 Å². The molecule has 0 saturated heterocycles. The Bertz CT molecular complexity index is 779. The maximum Gasteiger partial charge on any atom is 0.279 e. The number of hydrogen-bond donors (Lipinski definition) is 2. The molecule has 0 radical (unpaired) electrons. The summed E-state index contributed by atoms with van der Waals surface area (Å²) in [5.74, 6) is 3.96. The number of ether oxygens (including phenoxy) is 2. The zero-order chi connectivity index (χ0) is 19.5. The van der Waals surface area contributed by atoms with Crippen LogP contribution >= 0.6 is 0 Å². The molecule has 6 aliphatic rings. The summed E-state index contributed by atoms with van der Waals surface area (Å²) in [6.45, 7) is 0.518. The molecule has 5 nitrogen and oxygen atoms in total. The number of carbonyl (C=O) groups excluding carboxylic acids is 1. The van der Waals surface area contributed by atoms with Gasteiger partial charge >= 0.3 is 0 Å². The van der Waals surface area contributed by atoms with E-state index in [1.807, 2.05) is 18.2 Å².